The molecular weight excluding hydrogens is 186 g/mol. The van der Waals surface area contributed by atoms with Crippen molar-refractivity contribution in [2.24, 2.45) is 5.41 Å². The molecule has 6 heteroatoms. The van der Waals surface area contributed by atoms with Gasteiger partial charge in [0.2, 0.25) is 0 Å². The lowest BCUT2D eigenvalue weighted by Gasteiger charge is -2.43. The van der Waals surface area contributed by atoms with Crippen LogP contribution in [-0.4, -0.2) is 12.4 Å². The van der Waals surface area contributed by atoms with E-state index >= 15 is 0 Å². The molecule has 0 saturated heterocycles. The quantitative estimate of drug-likeness (QED) is 0.516. The molecule has 0 heterocycles. The van der Waals surface area contributed by atoms with Crippen LogP contribution >= 0.6 is 0 Å². The highest BCUT2D eigenvalue weighted by Crippen LogP contribution is 2.61. The highest BCUT2D eigenvalue weighted by molar-refractivity contribution is 5.11. The molecule has 0 aromatic heterocycles. The van der Waals surface area contributed by atoms with Gasteiger partial charge in [-0.25, -0.2) is 0 Å². The van der Waals surface area contributed by atoms with Crippen molar-refractivity contribution in [2.45, 2.75) is 25.2 Å². The van der Waals surface area contributed by atoms with Crippen LogP contribution in [-0.2, 0) is 0 Å². The van der Waals surface area contributed by atoms with E-state index in [0.29, 0.717) is 0 Å². The minimum Gasteiger partial charge on any atom is -0.170 e. The molecule has 1 fully saturated rings. The summed E-state index contributed by atoms with van der Waals surface area (Å²) in [5.41, 5.74) is -3.53. The third-order valence-corrected chi connectivity index (χ3v) is 2.04. The molecule has 0 N–H and O–H groups in total. The van der Waals surface area contributed by atoms with Crippen molar-refractivity contribution in [3.63, 3.8) is 0 Å². The van der Waals surface area contributed by atoms with Gasteiger partial charge in [0, 0.05) is 0 Å². The van der Waals surface area contributed by atoms with Crippen LogP contribution in [0.25, 0.3) is 0 Å². The molecule has 71 valence electrons. The summed E-state index contributed by atoms with van der Waals surface area (Å²) >= 11 is 0. The minimum absolute atomic E-state index is 0.126. The largest absolute Gasteiger partial charge is 0.403 e. The topological polar surface area (TPSA) is 0 Å². The first-order chi connectivity index (χ1) is 5.21. The van der Waals surface area contributed by atoms with E-state index in [1.54, 1.807) is 0 Å². The maximum absolute atomic E-state index is 11.9. The summed E-state index contributed by atoms with van der Waals surface area (Å²) in [4.78, 5) is 0. The van der Waals surface area contributed by atoms with Crippen LogP contribution in [0.15, 0.2) is 0 Å². The van der Waals surface area contributed by atoms with E-state index in [1.165, 1.54) is 0 Å². The van der Waals surface area contributed by atoms with Crippen LogP contribution in [0.4, 0.5) is 26.3 Å². The first-order valence-electron chi connectivity index (χ1n) is 3.18. The van der Waals surface area contributed by atoms with Crippen LogP contribution in [0.1, 0.15) is 12.8 Å². The highest BCUT2D eigenvalue weighted by atomic mass is 19.4. The van der Waals surface area contributed by atoms with Crippen molar-refractivity contribution in [1.82, 2.24) is 0 Å². The van der Waals surface area contributed by atoms with Crippen LogP contribution in [0.3, 0.4) is 0 Å². The van der Waals surface area contributed by atoms with Gasteiger partial charge in [-0.15, -0.1) is 0 Å². The number of hydrogen-bond donors (Lipinski definition) is 0. The highest BCUT2D eigenvalue weighted by Gasteiger charge is 2.73. The Morgan fingerprint density at radius 1 is 0.917 bits per heavy atom. The molecule has 0 unspecified atom stereocenters. The van der Waals surface area contributed by atoms with Crippen molar-refractivity contribution in [2.75, 3.05) is 0 Å². The first-order valence-corrected chi connectivity index (χ1v) is 3.18. The molecule has 1 saturated carbocycles. The SMILES string of the molecule is FC(F)(F)C1(C(F)(F)F)[CH]CC1. The zero-order chi connectivity index (χ0) is 9.62. The number of rotatable bonds is 0. The van der Waals surface area contributed by atoms with Crippen molar-refractivity contribution in [3.05, 3.63) is 6.42 Å². The molecule has 1 radical (unpaired) electrons. The molecule has 0 atom stereocenters. The van der Waals surface area contributed by atoms with Gasteiger partial charge in [0.15, 0.2) is 5.41 Å². The van der Waals surface area contributed by atoms with E-state index in [9.17, 15) is 26.3 Å². The predicted octanol–water partition coefficient (Wildman–Crippen LogP) is 3.10. The zero-order valence-electron chi connectivity index (χ0n) is 5.76. The van der Waals surface area contributed by atoms with E-state index in [0.717, 1.165) is 0 Å². The standard InChI is InChI=1S/C6H5F6/c7-5(8,9)4(2-1-3-4)6(10,11)12/h2H,1,3H2. The van der Waals surface area contributed by atoms with Gasteiger partial charge in [0.05, 0.1) is 0 Å². The van der Waals surface area contributed by atoms with Gasteiger partial charge in [0.25, 0.3) is 0 Å². The van der Waals surface area contributed by atoms with Crippen molar-refractivity contribution < 1.29 is 26.3 Å². The molecule has 1 aliphatic rings. The Bertz CT molecular complexity index is 155. The van der Waals surface area contributed by atoms with Crippen molar-refractivity contribution in [1.29, 1.82) is 0 Å². The van der Waals surface area contributed by atoms with Crippen molar-refractivity contribution >= 4 is 0 Å². The number of alkyl halides is 6. The zero-order valence-corrected chi connectivity index (χ0v) is 5.76. The summed E-state index contributed by atoms with van der Waals surface area (Å²) in [5.74, 6) is 0. The summed E-state index contributed by atoms with van der Waals surface area (Å²) in [5, 5.41) is 0. The second kappa shape index (κ2) is 2.29. The van der Waals surface area contributed by atoms with E-state index in [1.807, 2.05) is 0 Å². The number of hydrogen-bond acceptors (Lipinski definition) is 0. The fraction of sp³-hybridized carbons (Fsp3) is 0.833. The van der Waals surface area contributed by atoms with Crippen LogP contribution in [0, 0.1) is 11.8 Å². The van der Waals surface area contributed by atoms with E-state index in [4.69, 9.17) is 0 Å². The Morgan fingerprint density at radius 2 is 1.25 bits per heavy atom. The molecule has 0 nitrogen and oxygen atoms in total. The third-order valence-electron chi connectivity index (χ3n) is 2.04. The summed E-state index contributed by atoms with van der Waals surface area (Å²) in [6, 6.07) is 0. The van der Waals surface area contributed by atoms with Gasteiger partial charge < -0.3 is 0 Å². The molecule has 0 spiro atoms. The molecule has 0 amide bonds. The first kappa shape index (κ1) is 9.67. The van der Waals surface area contributed by atoms with Gasteiger partial charge in [-0.05, 0) is 19.3 Å². The van der Waals surface area contributed by atoms with Crippen LogP contribution in [0.5, 0.6) is 0 Å². The van der Waals surface area contributed by atoms with Gasteiger partial charge in [-0.3, -0.25) is 0 Å². The third kappa shape index (κ3) is 1.08. The van der Waals surface area contributed by atoms with Gasteiger partial charge in [0.1, 0.15) is 0 Å². The molecular formula is C6H5F6. The minimum atomic E-state index is -5.20. The second-order valence-corrected chi connectivity index (χ2v) is 2.71. The molecule has 1 aliphatic carbocycles. The molecule has 0 aromatic carbocycles. The summed E-state index contributed by atoms with van der Waals surface area (Å²) in [6.45, 7) is 0. The monoisotopic (exact) mass is 191 g/mol. The molecule has 12 heavy (non-hydrogen) atoms. The Labute approximate surface area is 64.6 Å². The average molecular weight is 191 g/mol. The van der Waals surface area contributed by atoms with Gasteiger partial charge >= 0.3 is 12.4 Å². The van der Waals surface area contributed by atoms with Gasteiger partial charge in [-0.1, -0.05) is 0 Å². The summed E-state index contributed by atoms with van der Waals surface area (Å²) in [7, 11) is 0. The summed E-state index contributed by atoms with van der Waals surface area (Å²) in [6.07, 6.45) is -11.1. The average Bonchev–Trinajstić information content (AvgIpc) is 1.47. The van der Waals surface area contributed by atoms with E-state index in [2.05, 4.69) is 0 Å². The fourth-order valence-corrected chi connectivity index (χ4v) is 1.11. The van der Waals surface area contributed by atoms with Crippen LogP contribution in [0.2, 0.25) is 0 Å². The normalized spacial score (nSPS) is 23.5. The van der Waals surface area contributed by atoms with E-state index in [-0.39, 0.29) is 12.8 Å². The fourth-order valence-electron chi connectivity index (χ4n) is 1.11. The second-order valence-electron chi connectivity index (χ2n) is 2.71. The van der Waals surface area contributed by atoms with Gasteiger partial charge in [-0.2, -0.15) is 26.3 Å². The smallest absolute Gasteiger partial charge is 0.170 e. The number of halogens is 6. The molecule has 0 aliphatic heterocycles. The van der Waals surface area contributed by atoms with Crippen LogP contribution < -0.4 is 0 Å². The summed E-state index contributed by atoms with van der Waals surface area (Å²) < 4.78 is 71.4. The molecule has 0 bridgehead atoms. The molecule has 0 aromatic rings. The van der Waals surface area contributed by atoms with E-state index < -0.39 is 24.2 Å². The predicted molar refractivity (Wildman–Crippen MR) is 28.1 cm³/mol. The lowest BCUT2D eigenvalue weighted by molar-refractivity contribution is -0.344. The Kier molecular flexibility index (Phi) is 1.85. The Morgan fingerprint density at radius 3 is 1.25 bits per heavy atom. The maximum Gasteiger partial charge on any atom is 0.403 e. The Hall–Kier alpha value is -0.420. The lowest BCUT2D eigenvalue weighted by Crippen LogP contribution is -2.55. The molecule has 1 rings (SSSR count). The van der Waals surface area contributed by atoms with Crippen molar-refractivity contribution in [3.8, 4) is 0 Å². The maximum atomic E-state index is 11.9. The lowest BCUT2D eigenvalue weighted by atomic mass is 9.67. The Balaban J connectivity index is 2.92.